The second-order valence-corrected chi connectivity index (χ2v) is 11.3. The van der Waals surface area contributed by atoms with Crippen molar-refractivity contribution in [2.24, 2.45) is 0 Å². The van der Waals surface area contributed by atoms with Gasteiger partial charge < -0.3 is 28.3 Å². The van der Waals surface area contributed by atoms with Crippen molar-refractivity contribution in [3.8, 4) is 0 Å². The quantitative estimate of drug-likeness (QED) is 0.0250. The molecule has 0 aliphatic carbocycles. The number of hydrogen-bond acceptors (Lipinski definition) is 9. The molecule has 2 atom stereocenters. The third-order valence-electron chi connectivity index (χ3n) is 5.11. The fourth-order valence-corrected chi connectivity index (χ4v) is 3.66. The van der Waals surface area contributed by atoms with E-state index >= 15 is 0 Å². The number of rotatable bonds is 24. The number of phosphoric acid groups is 1. The van der Waals surface area contributed by atoms with Crippen molar-refractivity contribution in [2.45, 2.75) is 57.5 Å². The van der Waals surface area contributed by atoms with Gasteiger partial charge in [-0.15, -0.1) is 0 Å². The number of unbranched alkanes of at least 4 members (excludes halogenated alkanes) is 7. The highest BCUT2D eigenvalue weighted by Crippen LogP contribution is 2.38. The van der Waals surface area contributed by atoms with Gasteiger partial charge in [0.15, 0.2) is 0 Å². The fraction of sp³-hybridized carbons (Fsp3) is 0.607. The molecule has 0 aromatic rings. The van der Waals surface area contributed by atoms with Gasteiger partial charge >= 0.3 is 5.97 Å². The molecule has 10 nitrogen and oxygen atoms in total. The van der Waals surface area contributed by atoms with Crippen LogP contribution in [0.3, 0.4) is 0 Å². The van der Waals surface area contributed by atoms with Crippen LogP contribution in [0, 0.1) is 0 Å². The number of carbonyl (C=O) groups is 1. The van der Waals surface area contributed by atoms with Gasteiger partial charge in [0, 0.05) is 6.08 Å². The first kappa shape index (κ1) is 37.1. The Morgan fingerprint density at radius 3 is 2.00 bits per heavy atom. The standard InChI is InChI=1S/C28H48NO9P/c1-29(2,3)22-24-37-39(33,34)38-26-27(30)25-35-28(31)21-19-17-15-13-11-9-7-5-4-6-8-10-12-14-16-18-20-23-36-32/h4-5,7,9,11,13,15,17,19,21,27,30H,6,8,10,12,14,16,18,20,22-26H2,1-3H3,(H-,32,33,34)/t27-/m1/s1. The predicted octanol–water partition coefficient (Wildman–Crippen LogP) is 4.49. The third kappa shape index (κ3) is 28.9. The summed E-state index contributed by atoms with van der Waals surface area (Å²) in [5.41, 5.74) is 0. The summed E-state index contributed by atoms with van der Waals surface area (Å²) < 4.78 is 26.4. The van der Waals surface area contributed by atoms with Crippen molar-refractivity contribution >= 4 is 13.8 Å². The number of carbonyl (C=O) groups excluding carboxylic acids is 1. The lowest BCUT2D eigenvalue weighted by Crippen LogP contribution is -2.37. The lowest BCUT2D eigenvalue weighted by atomic mass is 10.1. The number of aliphatic hydroxyl groups excluding tert-OH is 1. The summed E-state index contributed by atoms with van der Waals surface area (Å²) in [6.07, 6.45) is 25.6. The zero-order valence-corrected chi connectivity index (χ0v) is 24.6. The van der Waals surface area contributed by atoms with Gasteiger partial charge in [0.05, 0.1) is 34.4 Å². The van der Waals surface area contributed by atoms with Crippen LogP contribution in [-0.4, -0.2) is 81.0 Å². The van der Waals surface area contributed by atoms with Crippen molar-refractivity contribution in [2.75, 3.05) is 54.1 Å². The summed E-state index contributed by atoms with van der Waals surface area (Å²) >= 11 is 0. The highest BCUT2D eigenvalue weighted by Gasteiger charge is 2.16. The van der Waals surface area contributed by atoms with E-state index in [1.54, 1.807) is 12.2 Å². The number of ether oxygens (including phenoxy) is 1. The number of phosphoric ester groups is 1. The van der Waals surface area contributed by atoms with E-state index in [-0.39, 0.29) is 6.61 Å². The molecule has 0 spiro atoms. The van der Waals surface area contributed by atoms with Gasteiger partial charge in [-0.2, -0.15) is 0 Å². The Balaban J connectivity index is 3.88. The summed E-state index contributed by atoms with van der Waals surface area (Å²) in [6, 6.07) is 0. The number of likely N-dealkylation sites (N-methyl/N-ethyl adjacent to an activating group) is 1. The van der Waals surface area contributed by atoms with Crippen LogP contribution in [0.4, 0.5) is 0 Å². The Morgan fingerprint density at radius 2 is 1.38 bits per heavy atom. The van der Waals surface area contributed by atoms with Crippen molar-refractivity contribution < 1.29 is 47.8 Å². The average Bonchev–Trinajstić information content (AvgIpc) is 2.86. The van der Waals surface area contributed by atoms with Gasteiger partial charge in [-0.3, -0.25) is 9.82 Å². The molecule has 0 bridgehead atoms. The van der Waals surface area contributed by atoms with Gasteiger partial charge in [0.1, 0.15) is 25.9 Å². The largest absolute Gasteiger partial charge is 0.756 e. The Bertz CT molecular complexity index is 816. The average molecular weight is 574 g/mol. The second kappa shape index (κ2) is 24.0. The molecule has 0 fully saturated rings. The molecule has 0 aromatic carbocycles. The van der Waals surface area contributed by atoms with Crippen LogP contribution in [0.15, 0.2) is 60.8 Å². The Labute approximate surface area is 234 Å². The van der Waals surface area contributed by atoms with Crippen LogP contribution in [0.1, 0.15) is 51.4 Å². The first-order valence-corrected chi connectivity index (χ1v) is 14.9. The molecule has 11 heteroatoms. The maximum Gasteiger partial charge on any atom is 0.330 e. The molecular weight excluding hydrogens is 525 g/mol. The van der Waals surface area contributed by atoms with Crippen LogP contribution in [0.25, 0.3) is 0 Å². The topological polar surface area (TPSA) is 135 Å². The molecule has 39 heavy (non-hydrogen) atoms. The van der Waals surface area contributed by atoms with E-state index in [4.69, 9.17) is 14.5 Å². The smallest absolute Gasteiger partial charge is 0.330 e. The first-order valence-electron chi connectivity index (χ1n) is 13.4. The molecule has 0 rings (SSSR count). The van der Waals surface area contributed by atoms with E-state index in [2.05, 4.69) is 15.5 Å². The van der Waals surface area contributed by atoms with Crippen molar-refractivity contribution in [1.82, 2.24) is 0 Å². The zero-order valence-electron chi connectivity index (χ0n) is 23.7. The maximum absolute atomic E-state index is 11.7. The normalized spacial score (nSPS) is 15.3. The van der Waals surface area contributed by atoms with E-state index in [1.807, 2.05) is 51.5 Å². The van der Waals surface area contributed by atoms with E-state index in [1.165, 1.54) is 44.3 Å². The highest BCUT2D eigenvalue weighted by molar-refractivity contribution is 7.45. The summed E-state index contributed by atoms with van der Waals surface area (Å²) in [5.74, 6) is -0.676. The summed E-state index contributed by atoms with van der Waals surface area (Å²) in [4.78, 5) is 27.4. The number of allylic oxidation sites excluding steroid dienone is 9. The summed E-state index contributed by atoms with van der Waals surface area (Å²) in [7, 11) is 1.14. The number of nitrogens with zero attached hydrogens (tertiary/aromatic N) is 1. The third-order valence-corrected chi connectivity index (χ3v) is 6.07. The van der Waals surface area contributed by atoms with Crippen molar-refractivity contribution in [1.29, 1.82) is 0 Å². The van der Waals surface area contributed by atoms with E-state index in [9.17, 15) is 19.4 Å². The molecule has 224 valence electrons. The molecule has 1 unspecified atom stereocenters. The van der Waals surface area contributed by atoms with E-state index in [0.717, 1.165) is 19.3 Å². The minimum atomic E-state index is -4.54. The van der Waals surface area contributed by atoms with Gasteiger partial charge in [0.25, 0.3) is 7.82 Å². The molecule has 0 aliphatic rings. The number of hydrogen-bond donors (Lipinski definition) is 2. The van der Waals surface area contributed by atoms with Gasteiger partial charge in [-0.05, 0) is 19.3 Å². The molecule has 0 saturated carbocycles. The van der Waals surface area contributed by atoms with Crippen LogP contribution in [0.5, 0.6) is 0 Å². The number of aliphatic hydroxyl groups is 1. The lowest BCUT2D eigenvalue weighted by molar-refractivity contribution is -0.870. The minimum absolute atomic E-state index is 0.0389. The van der Waals surface area contributed by atoms with Crippen molar-refractivity contribution in [3.05, 3.63) is 60.8 Å². The predicted molar refractivity (Wildman–Crippen MR) is 151 cm³/mol. The van der Waals surface area contributed by atoms with Crippen LogP contribution in [-0.2, 0) is 28.0 Å². The first-order chi connectivity index (χ1) is 18.6. The Kier molecular flexibility index (Phi) is 22.8. The highest BCUT2D eigenvalue weighted by atomic mass is 31.2. The molecule has 0 saturated heterocycles. The summed E-state index contributed by atoms with van der Waals surface area (Å²) in [6.45, 7) is -0.127. The molecule has 0 amide bonds. The maximum atomic E-state index is 11.7. The monoisotopic (exact) mass is 573 g/mol. The van der Waals surface area contributed by atoms with Crippen LogP contribution >= 0.6 is 7.82 Å². The van der Waals surface area contributed by atoms with Gasteiger partial charge in [-0.25, -0.2) is 9.68 Å². The second-order valence-electron chi connectivity index (χ2n) is 9.91. The Hall–Kier alpha value is -1.88. The Morgan fingerprint density at radius 1 is 0.821 bits per heavy atom. The van der Waals surface area contributed by atoms with E-state index < -0.39 is 33.1 Å². The molecule has 0 heterocycles. The molecular formula is C28H48NO9P. The number of esters is 1. The minimum Gasteiger partial charge on any atom is -0.756 e. The zero-order chi connectivity index (χ0) is 29.2. The van der Waals surface area contributed by atoms with Crippen molar-refractivity contribution in [3.63, 3.8) is 0 Å². The molecule has 0 radical (unpaired) electrons. The number of quaternary nitrogens is 1. The van der Waals surface area contributed by atoms with Gasteiger partial charge in [-0.1, -0.05) is 86.8 Å². The van der Waals surface area contributed by atoms with Crippen LogP contribution < -0.4 is 4.89 Å². The molecule has 2 N–H and O–H groups in total. The SMILES string of the molecule is C[N+](C)(C)CCOP(=O)([O-])OC[C@H](O)COC(=O)C=CC=CC=CC=CC=CCCCCCCCCCOO. The molecule has 0 aromatic heterocycles. The summed E-state index contributed by atoms with van der Waals surface area (Å²) in [5, 5.41) is 18.0. The van der Waals surface area contributed by atoms with E-state index in [0.29, 0.717) is 17.6 Å². The fourth-order valence-electron chi connectivity index (χ4n) is 2.92. The van der Waals surface area contributed by atoms with Gasteiger partial charge in [0.2, 0.25) is 0 Å². The molecule has 0 aliphatic heterocycles. The van der Waals surface area contributed by atoms with Crippen LogP contribution in [0.2, 0.25) is 0 Å². The lowest BCUT2D eigenvalue weighted by Gasteiger charge is -2.27.